The third-order valence-corrected chi connectivity index (χ3v) is 12.5. The SMILES string of the molecule is CCC1=C(c2ccccc2)c2oc3cccc(-c4cccc5oc6cccc(-c7nc(-c8ccccc8)nc(-c8ccc(-c9ccccc9)cc8)n7)c6c45)c3c2N=C(c2ccccc2)C1. The lowest BCUT2D eigenvalue weighted by atomic mass is 9.91. The van der Waals surface area contributed by atoms with Crippen molar-refractivity contribution in [3.05, 3.63) is 223 Å². The predicted octanol–water partition coefficient (Wildman–Crippen LogP) is 15.6. The summed E-state index contributed by atoms with van der Waals surface area (Å²) in [5, 5.41) is 2.84. The zero-order valence-corrected chi connectivity index (χ0v) is 35.6. The standard InChI is InChI=1S/C59H40N4O2/c1-2-37-36-47(40-20-9-4-10-21-40)60-55-54-45(27-16-31-50(54)65-56(55)51(37)41-22-11-5-12-23-41)44-26-15-29-48-52(44)53-46(28-17-30-49(53)64-48)59-62-57(42-24-13-6-14-25-42)61-58(63-59)43-34-32-39(33-35-43)38-18-7-3-8-19-38/h3-35H,2,36H2,1H3. The van der Waals surface area contributed by atoms with Crippen molar-refractivity contribution in [1.29, 1.82) is 0 Å². The number of furan rings is 2. The van der Waals surface area contributed by atoms with Gasteiger partial charge in [0.2, 0.25) is 0 Å². The van der Waals surface area contributed by atoms with Gasteiger partial charge in [0.05, 0.1) is 11.1 Å². The van der Waals surface area contributed by atoms with E-state index in [9.17, 15) is 0 Å². The monoisotopic (exact) mass is 836 g/mol. The molecule has 0 amide bonds. The molecule has 8 aromatic carbocycles. The first-order valence-electron chi connectivity index (χ1n) is 22.1. The van der Waals surface area contributed by atoms with E-state index in [1.807, 2.05) is 54.6 Å². The minimum Gasteiger partial charge on any atom is -0.456 e. The van der Waals surface area contributed by atoms with Crippen molar-refractivity contribution in [3.8, 4) is 56.4 Å². The summed E-state index contributed by atoms with van der Waals surface area (Å²) in [5.74, 6) is 2.52. The molecule has 12 rings (SSSR count). The minimum absolute atomic E-state index is 0.557. The van der Waals surface area contributed by atoms with E-state index in [-0.39, 0.29) is 0 Å². The summed E-state index contributed by atoms with van der Waals surface area (Å²) < 4.78 is 13.8. The van der Waals surface area contributed by atoms with E-state index in [0.717, 1.165) is 112 Å². The largest absolute Gasteiger partial charge is 0.456 e. The fraction of sp³-hybridized carbons (Fsp3) is 0.0508. The van der Waals surface area contributed by atoms with Crippen LogP contribution in [0.15, 0.2) is 220 Å². The maximum atomic E-state index is 7.02. The van der Waals surface area contributed by atoms with Crippen LogP contribution < -0.4 is 0 Å². The van der Waals surface area contributed by atoms with Crippen molar-refractivity contribution < 1.29 is 8.83 Å². The van der Waals surface area contributed by atoms with E-state index < -0.39 is 0 Å². The van der Waals surface area contributed by atoms with Crippen LogP contribution >= 0.6 is 0 Å². The van der Waals surface area contributed by atoms with Gasteiger partial charge in [-0.2, -0.15) is 0 Å². The molecular weight excluding hydrogens is 797 g/mol. The Hall–Kier alpha value is -8.48. The summed E-state index contributed by atoms with van der Waals surface area (Å²) in [4.78, 5) is 21.1. The van der Waals surface area contributed by atoms with E-state index >= 15 is 0 Å². The van der Waals surface area contributed by atoms with Gasteiger partial charge in [-0.1, -0.05) is 194 Å². The number of hydrogen-bond donors (Lipinski definition) is 0. The molecule has 0 fully saturated rings. The Morgan fingerprint density at radius 2 is 0.831 bits per heavy atom. The van der Waals surface area contributed by atoms with Crippen LogP contribution in [0, 0.1) is 0 Å². The first-order valence-corrected chi connectivity index (χ1v) is 22.1. The number of rotatable bonds is 8. The Balaban J connectivity index is 1.09. The van der Waals surface area contributed by atoms with Gasteiger partial charge in [0.1, 0.15) is 22.4 Å². The second-order valence-corrected chi connectivity index (χ2v) is 16.3. The van der Waals surface area contributed by atoms with Crippen molar-refractivity contribution in [2.24, 2.45) is 4.99 Å². The number of fused-ring (bicyclic) bond motifs is 6. The number of aliphatic imine (C=N–C) groups is 1. The molecule has 0 spiro atoms. The molecule has 308 valence electrons. The van der Waals surface area contributed by atoms with Crippen LogP contribution in [-0.4, -0.2) is 20.7 Å². The zero-order chi connectivity index (χ0) is 43.3. The van der Waals surface area contributed by atoms with Crippen LogP contribution in [0.3, 0.4) is 0 Å². The van der Waals surface area contributed by atoms with Crippen LogP contribution in [0.25, 0.3) is 94.9 Å². The minimum atomic E-state index is 0.557. The maximum absolute atomic E-state index is 7.02. The Morgan fingerprint density at radius 1 is 0.385 bits per heavy atom. The number of allylic oxidation sites excluding steroid dienone is 1. The fourth-order valence-electron chi connectivity index (χ4n) is 9.36. The lowest BCUT2D eigenvalue weighted by molar-refractivity contribution is 0.600. The van der Waals surface area contributed by atoms with Gasteiger partial charge in [-0.05, 0) is 58.0 Å². The maximum Gasteiger partial charge on any atom is 0.164 e. The van der Waals surface area contributed by atoms with Crippen LogP contribution in [-0.2, 0) is 0 Å². The number of nitrogens with zero attached hydrogens (tertiary/aromatic N) is 4. The van der Waals surface area contributed by atoms with Crippen LogP contribution in [0.1, 0.15) is 36.7 Å². The first kappa shape index (κ1) is 38.2. The average molecular weight is 837 g/mol. The number of hydrogen-bond acceptors (Lipinski definition) is 6. The van der Waals surface area contributed by atoms with Crippen molar-refractivity contribution in [2.45, 2.75) is 19.8 Å². The molecule has 0 aliphatic carbocycles. The molecule has 1 aliphatic heterocycles. The molecule has 65 heavy (non-hydrogen) atoms. The molecule has 1 aliphatic rings. The molecule has 0 atom stereocenters. The normalized spacial score (nSPS) is 12.7. The molecule has 6 heteroatoms. The molecule has 6 nitrogen and oxygen atoms in total. The molecule has 0 bridgehead atoms. The van der Waals surface area contributed by atoms with Crippen molar-refractivity contribution in [1.82, 2.24) is 15.0 Å². The third-order valence-electron chi connectivity index (χ3n) is 12.5. The van der Waals surface area contributed by atoms with Crippen molar-refractivity contribution >= 4 is 49.9 Å². The molecule has 0 unspecified atom stereocenters. The van der Waals surface area contributed by atoms with Gasteiger partial charge in [-0.15, -0.1) is 0 Å². The Labute approximate surface area is 376 Å². The summed E-state index contributed by atoms with van der Waals surface area (Å²) in [6.07, 6.45) is 1.56. The van der Waals surface area contributed by atoms with Gasteiger partial charge in [0.25, 0.3) is 0 Å². The summed E-state index contributed by atoms with van der Waals surface area (Å²) in [7, 11) is 0. The van der Waals surface area contributed by atoms with Gasteiger partial charge in [0.15, 0.2) is 23.2 Å². The molecule has 0 saturated carbocycles. The highest BCUT2D eigenvalue weighted by Gasteiger charge is 2.29. The predicted molar refractivity (Wildman–Crippen MR) is 264 cm³/mol. The van der Waals surface area contributed by atoms with Gasteiger partial charge in [-0.3, -0.25) is 0 Å². The first-order chi connectivity index (χ1) is 32.2. The zero-order valence-electron chi connectivity index (χ0n) is 35.6. The summed E-state index contributed by atoms with van der Waals surface area (Å²) in [5.41, 5.74) is 15.6. The summed E-state index contributed by atoms with van der Waals surface area (Å²) >= 11 is 0. The highest BCUT2D eigenvalue weighted by molar-refractivity contribution is 6.21. The second kappa shape index (κ2) is 16.0. The summed E-state index contributed by atoms with van der Waals surface area (Å²) in [6, 6.07) is 68.7. The molecule has 11 aromatic rings. The second-order valence-electron chi connectivity index (χ2n) is 16.3. The van der Waals surface area contributed by atoms with E-state index in [2.05, 4.69) is 153 Å². The molecule has 4 heterocycles. The molecule has 0 saturated heterocycles. The topological polar surface area (TPSA) is 77.3 Å². The van der Waals surface area contributed by atoms with Crippen molar-refractivity contribution in [2.75, 3.05) is 0 Å². The third kappa shape index (κ3) is 6.75. The Kier molecular flexibility index (Phi) is 9.41. The molecular formula is C59H40N4O2. The Morgan fingerprint density at radius 3 is 1.43 bits per heavy atom. The number of benzene rings is 8. The van der Waals surface area contributed by atoms with Gasteiger partial charge >= 0.3 is 0 Å². The Bertz CT molecular complexity index is 3630. The highest BCUT2D eigenvalue weighted by Crippen LogP contribution is 2.50. The van der Waals surface area contributed by atoms with Crippen LogP contribution in [0.2, 0.25) is 0 Å². The highest BCUT2D eigenvalue weighted by atomic mass is 16.3. The number of aromatic nitrogens is 3. The van der Waals surface area contributed by atoms with Crippen molar-refractivity contribution in [3.63, 3.8) is 0 Å². The lowest BCUT2D eigenvalue weighted by Gasteiger charge is -2.12. The van der Waals surface area contributed by atoms with E-state index in [1.54, 1.807) is 0 Å². The smallest absolute Gasteiger partial charge is 0.164 e. The molecule has 0 radical (unpaired) electrons. The molecule has 3 aromatic heterocycles. The average Bonchev–Trinajstić information content (AvgIpc) is 3.90. The molecule has 0 N–H and O–H groups in total. The van der Waals surface area contributed by atoms with Gasteiger partial charge in [-0.25, -0.2) is 19.9 Å². The van der Waals surface area contributed by atoms with Gasteiger partial charge in [0, 0.05) is 39.5 Å². The van der Waals surface area contributed by atoms with Gasteiger partial charge < -0.3 is 8.83 Å². The van der Waals surface area contributed by atoms with Crippen LogP contribution in [0.4, 0.5) is 5.69 Å². The van der Waals surface area contributed by atoms with Crippen LogP contribution in [0.5, 0.6) is 0 Å². The summed E-state index contributed by atoms with van der Waals surface area (Å²) in [6.45, 7) is 2.22. The van der Waals surface area contributed by atoms with E-state index in [0.29, 0.717) is 23.9 Å². The van der Waals surface area contributed by atoms with E-state index in [1.165, 1.54) is 5.57 Å². The quantitative estimate of drug-likeness (QED) is 0.152. The van der Waals surface area contributed by atoms with E-state index in [4.69, 9.17) is 28.8 Å². The lowest BCUT2D eigenvalue weighted by Crippen LogP contribution is -2.02. The fourth-order valence-corrected chi connectivity index (χ4v) is 9.36.